The molecule has 6 nitrogen and oxygen atoms in total. The van der Waals surface area contributed by atoms with Gasteiger partial charge in [-0.15, -0.1) is 0 Å². The van der Waals surface area contributed by atoms with Gasteiger partial charge in [0.15, 0.2) is 0 Å². The first-order chi connectivity index (χ1) is 16.5. The van der Waals surface area contributed by atoms with E-state index in [1.54, 1.807) is 6.07 Å². The number of rotatable bonds is 4. The number of ketones is 1. The number of ether oxygens (including phenoxy) is 1. The largest absolute Gasteiger partial charge is 0.507 e. The van der Waals surface area contributed by atoms with E-state index in [4.69, 9.17) is 4.74 Å². The second-order valence-corrected chi connectivity index (χ2v) is 8.77. The van der Waals surface area contributed by atoms with Crippen LogP contribution in [0.3, 0.4) is 0 Å². The van der Waals surface area contributed by atoms with Crippen LogP contribution in [0.25, 0.3) is 5.76 Å². The molecule has 2 heterocycles. The Bertz CT molecular complexity index is 1280. The summed E-state index contributed by atoms with van der Waals surface area (Å²) in [4.78, 5) is 30.0. The number of aliphatic hydroxyl groups is 1. The molecular weight excluding hydrogens is 428 g/mol. The van der Waals surface area contributed by atoms with Gasteiger partial charge < -0.3 is 14.7 Å². The first kappa shape index (κ1) is 21.8. The summed E-state index contributed by atoms with van der Waals surface area (Å²) in [6, 6.07) is 21.5. The molecule has 1 fully saturated rings. The van der Waals surface area contributed by atoms with E-state index < -0.39 is 17.7 Å². The average molecular weight is 455 g/mol. The predicted molar refractivity (Wildman–Crippen MR) is 132 cm³/mol. The van der Waals surface area contributed by atoms with Gasteiger partial charge in [0.05, 0.1) is 18.2 Å². The van der Waals surface area contributed by atoms with Crippen LogP contribution in [0.2, 0.25) is 0 Å². The van der Waals surface area contributed by atoms with Crippen LogP contribution in [0.4, 0.5) is 11.4 Å². The molecule has 1 saturated heterocycles. The third-order valence-electron chi connectivity index (χ3n) is 6.39. The van der Waals surface area contributed by atoms with Crippen LogP contribution in [0.1, 0.15) is 29.2 Å². The maximum Gasteiger partial charge on any atom is 0.300 e. The van der Waals surface area contributed by atoms with Gasteiger partial charge in [0.25, 0.3) is 11.7 Å². The van der Waals surface area contributed by atoms with Gasteiger partial charge in [-0.05, 0) is 66.4 Å². The molecule has 0 aliphatic carbocycles. The lowest BCUT2D eigenvalue weighted by Gasteiger charge is -2.26. The Balaban J connectivity index is 1.65. The normalized spacial score (nSPS) is 19.0. The van der Waals surface area contributed by atoms with Gasteiger partial charge in [0.2, 0.25) is 0 Å². The van der Waals surface area contributed by atoms with E-state index in [2.05, 4.69) is 0 Å². The van der Waals surface area contributed by atoms with Crippen molar-refractivity contribution in [2.75, 3.05) is 30.5 Å². The number of nitrogens with zero attached hydrogens (tertiary/aromatic N) is 2. The number of Topliss-reactive ketones (excluding diaryl/α,β-unsaturated/α-hetero) is 1. The molecule has 0 radical (unpaired) electrons. The highest BCUT2D eigenvalue weighted by Gasteiger charge is 2.47. The molecule has 2 aliphatic heterocycles. The van der Waals surface area contributed by atoms with Crippen LogP contribution in [-0.2, 0) is 16.0 Å². The molecule has 2 aliphatic rings. The Labute approximate surface area is 198 Å². The zero-order valence-electron chi connectivity index (χ0n) is 19.2. The SMILES string of the molecule is CN(C)c1ccc(N2C(=O)C(=O)/C(=C(\O)c3ccc4c(c3)CCCO4)C2c2ccccc2)cc1. The molecule has 1 N–H and O–H groups in total. The van der Waals surface area contributed by atoms with Gasteiger partial charge in [0, 0.05) is 31.0 Å². The molecule has 0 saturated carbocycles. The second kappa shape index (κ2) is 8.71. The number of aliphatic hydroxyl groups excluding tert-OH is 1. The Kier molecular flexibility index (Phi) is 5.57. The Morgan fingerprint density at radius 1 is 1.00 bits per heavy atom. The van der Waals surface area contributed by atoms with Gasteiger partial charge in [-0.25, -0.2) is 0 Å². The topological polar surface area (TPSA) is 70.1 Å². The monoisotopic (exact) mass is 454 g/mol. The second-order valence-electron chi connectivity index (χ2n) is 8.77. The molecule has 0 spiro atoms. The lowest BCUT2D eigenvalue weighted by molar-refractivity contribution is -0.132. The van der Waals surface area contributed by atoms with E-state index in [-0.39, 0.29) is 11.3 Å². The highest BCUT2D eigenvalue weighted by atomic mass is 16.5. The lowest BCUT2D eigenvalue weighted by Crippen LogP contribution is -2.29. The summed E-state index contributed by atoms with van der Waals surface area (Å²) in [7, 11) is 3.88. The van der Waals surface area contributed by atoms with E-state index in [0.717, 1.165) is 35.4 Å². The van der Waals surface area contributed by atoms with Crippen molar-refractivity contribution in [2.24, 2.45) is 0 Å². The molecule has 3 aromatic carbocycles. The van der Waals surface area contributed by atoms with Gasteiger partial charge >= 0.3 is 0 Å². The van der Waals surface area contributed by atoms with E-state index in [1.807, 2.05) is 85.7 Å². The fourth-order valence-electron chi connectivity index (χ4n) is 4.62. The molecule has 5 rings (SSSR count). The summed E-state index contributed by atoms with van der Waals surface area (Å²) in [5.41, 5.74) is 3.91. The summed E-state index contributed by atoms with van der Waals surface area (Å²) in [6.45, 7) is 0.671. The van der Waals surface area contributed by atoms with Gasteiger partial charge in [-0.1, -0.05) is 30.3 Å². The summed E-state index contributed by atoms with van der Waals surface area (Å²) in [6.07, 6.45) is 1.74. The van der Waals surface area contributed by atoms with Crippen molar-refractivity contribution in [1.29, 1.82) is 0 Å². The van der Waals surface area contributed by atoms with Crippen molar-refractivity contribution in [1.82, 2.24) is 0 Å². The van der Waals surface area contributed by atoms with Crippen LogP contribution in [0.5, 0.6) is 5.75 Å². The van der Waals surface area contributed by atoms with Gasteiger partial charge in [-0.2, -0.15) is 0 Å². The van der Waals surface area contributed by atoms with E-state index in [9.17, 15) is 14.7 Å². The third kappa shape index (κ3) is 3.71. The van der Waals surface area contributed by atoms with Crippen LogP contribution >= 0.6 is 0 Å². The summed E-state index contributed by atoms with van der Waals surface area (Å²) < 4.78 is 5.68. The number of carbonyl (C=O) groups excluding carboxylic acids is 2. The van der Waals surface area contributed by atoms with Gasteiger partial charge in [0.1, 0.15) is 11.5 Å². The minimum atomic E-state index is -0.737. The quantitative estimate of drug-likeness (QED) is 0.351. The molecule has 1 amide bonds. The number of hydrogen-bond acceptors (Lipinski definition) is 5. The number of fused-ring (bicyclic) bond motifs is 1. The third-order valence-corrected chi connectivity index (χ3v) is 6.39. The Morgan fingerprint density at radius 2 is 1.74 bits per heavy atom. The average Bonchev–Trinajstić information content (AvgIpc) is 3.14. The molecule has 1 unspecified atom stereocenters. The lowest BCUT2D eigenvalue weighted by atomic mass is 9.94. The predicted octanol–water partition coefficient (Wildman–Crippen LogP) is 4.70. The molecule has 172 valence electrons. The van der Waals surface area contributed by atoms with Crippen LogP contribution in [0, 0.1) is 0 Å². The van der Waals surface area contributed by atoms with Crippen molar-refractivity contribution >= 4 is 28.8 Å². The summed E-state index contributed by atoms with van der Waals surface area (Å²) in [5.74, 6) is -0.733. The van der Waals surface area contributed by atoms with Crippen molar-refractivity contribution in [2.45, 2.75) is 18.9 Å². The number of aryl methyl sites for hydroxylation is 1. The number of benzene rings is 3. The van der Waals surface area contributed by atoms with Crippen LogP contribution in [0.15, 0.2) is 78.4 Å². The zero-order chi connectivity index (χ0) is 23.8. The maximum atomic E-state index is 13.3. The number of carbonyl (C=O) groups is 2. The minimum absolute atomic E-state index is 0.0876. The van der Waals surface area contributed by atoms with E-state index >= 15 is 0 Å². The fourth-order valence-corrected chi connectivity index (χ4v) is 4.62. The first-order valence-corrected chi connectivity index (χ1v) is 11.3. The minimum Gasteiger partial charge on any atom is -0.507 e. The van der Waals surface area contributed by atoms with Crippen LogP contribution in [-0.4, -0.2) is 37.5 Å². The molecule has 6 heteroatoms. The maximum absolute atomic E-state index is 13.3. The number of amides is 1. The standard InChI is InChI=1S/C28H26N2O4/c1-29(2)21-11-13-22(14-12-21)30-25(18-7-4-3-5-8-18)24(27(32)28(30)33)26(31)20-10-15-23-19(17-20)9-6-16-34-23/h3-5,7-8,10-15,17,25,31H,6,9,16H2,1-2H3/b26-24-. The van der Waals surface area contributed by atoms with Crippen molar-refractivity contribution < 1.29 is 19.4 Å². The molecule has 34 heavy (non-hydrogen) atoms. The fraction of sp³-hybridized carbons (Fsp3) is 0.214. The smallest absolute Gasteiger partial charge is 0.300 e. The zero-order valence-corrected chi connectivity index (χ0v) is 19.2. The molecule has 0 aromatic heterocycles. The highest BCUT2D eigenvalue weighted by molar-refractivity contribution is 6.51. The first-order valence-electron chi connectivity index (χ1n) is 11.3. The Hall–Kier alpha value is -4.06. The summed E-state index contributed by atoms with van der Waals surface area (Å²) in [5, 5.41) is 11.4. The highest BCUT2D eigenvalue weighted by Crippen LogP contribution is 2.42. The Morgan fingerprint density at radius 3 is 2.44 bits per heavy atom. The molecule has 0 bridgehead atoms. The van der Waals surface area contributed by atoms with Gasteiger partial charge in [-0.3, -0.25) is 14.5 Å². The van der Waals surface area contributed by atoms with Crippen LogP contribution < -0.4 is 14.5 Å². The van der Waals surface area contributed by atoms with E-state index in [0.29, 0.717) is 17.9 Å². The summed E-state index contributed by atoms with van der Waals surface area (Å²) >= 11 is 0. The molecule has 3 aromatic rings. The number of hydrogen-bond donors (Lipinski definition) is 1. The molecular formula is C28H26N2O4. The van der Waals surface area contributed by atoms with Crippen molar-refractivity contribution in [3.8, 4) is 5.75 Å². The molecule has 1 atom stereocenters. The van der Waals surface area contributed by atoms with Crippen molar-refractivity contribution in [3.05, 3.63) is 95.1 Å². The van der Waals surface area contributed by atoms with Crippen molar-refractivity contribution in [3.63, 3.8) is 0 Å². The number of anilines is 2. The van der Waals surface area contributed by atoms with E-state index in [1.165, 1.54) is 4.90 Å².